The summed E-state index contributed by atoms with van der Waals surface area (Å²) in [5, 5.41) is 21.5. The van der Waals surface area contributed by atoms with Gasteiger partial charge in [-0.15, -0.1) is 27.8 Å². The van der Waals surface area contributed by atoms with E-state index in [1.807, 2.05) is 26.2 Å². The van der Waals surface area contributed by atoms with E-state index in [1.165, 1.54) is 22.7 Å². The number of nitrogens with zero attached hydrogens (tertiary/aromatic N) is 6. The number of hydrogen-bond donors (Lipinski definition) is 3. The summed E-state index contributed by atoms with van der Waals surface area (Å²) in [5.74, 6) is -0.362. The summed E-state index contributed by atoms with van der Waals surface area (Å²) in [6.07, 6.45) is 4.18. The summed E-state index contributed by atoms with van der Waals surface area (Å²) in [6.45, 7) is 12.9. The molecule has 17 heteroatoms. The Morgan fingerprint density at radius 1 is 0.837 bits per heavy atom. The van der Waals surface area contributed by atoms with Gasteiger partial charge in [0, 0.05) is 76.0 Å². The van der Waals surface area contributed by atoms with E-state index in [2.05, 4.69) is 36.2 Å². The molecule has 3 rings (SSSR count). The highest BCUT2D eigenvalue weighted by atomic mass is 32.1. The van der Waals surface area contributed by atoms with Crippen molar-refractivity contribution in [3.63, 3.8) is 0 Å². The van der Waals surface area contributed by atoms with Crippen LogP contribution >= 0.6 is 22.7 Å². The number of rotatable bonds is 17. The van der Waals surface area contributed by atoms with Crippen molar-refractivity contribution in [2.75, 3.05) is 32.7 Å². The van der Waals surface area contributed by atoms with Crippen LogP contribution in [0.5, 0.6) is 0 Å². The highest BCUT2D eigenvalue weighted by Crippen LogP contribution is 2.25. The molecule has 0 aliphatic rings. The largest absolute Gasteiger partial charge is 0.444 e. The van der Waals surface area contributed by atoms with Crippen molar-refractivity contribution in [2.24, 2.45) is 7.05 Å². The average molecular weight is 720 g/mol. The fourth-order valence-electron chi connectivity index (χ4n) is 4.28. The number of carbonyl (C=O) groups excluding carboxylic acids is 4. The van der Waals surface area contributed by atoms with Gasteiger partial charge < -0.3 is 30.3 Å². The van der Waals surface area contributed by atoms with Crippen molar-refractivity contribution in [2.45, 2.75) is 91.3 Å². The summed E-state index contributed by atoms with van der Waals surface area (Å²) in [6, 6.07) is 0. The van der Waals surface area contributed by atoms with E-state index >= 15 is 0 Å². The Labute approximate surface area is 295 Å². The molecule has 0 bridgehead atoms. The third-order valence-electron chi connectivity index (χ3n) is 6.49. The predicted molar refractivity (Wildman–Crippen MR) is 187 cm³/mol. The summed E-state index contributed by atoms with van der Waals surface area (Å²) in [4.78, 5) is 60.4. The third-order valence-corrected chi connectivity index (χ3v) is 8.27. The molecule has 3 aromatic heterocycles. The van der Waals surface area contributed by atoms with Crippen molar-refractivity contribution in [1.82, 2.24) is 45.8 Å². The van der Waals surface area contributed by atoms with E-state index in [0.717, 1.165) is 10.7 Å². The normalized spacial score (nSPS) is 11.6. The van der Waals surface area contributed by atoms with Gasteiger partial charge in [-0.2, -0.15) is 0 Å². The molecule has 0 aromatic carbocycles. The molecule has 3 N–H and O–H groups in total. The zero-order chi connectivity index (χ0) is 36.0. The maximum absolute atomic E-state index is 12.8. The van der Waals surface area contributed by atoms with Crippen LogP contribution in [0.4, 0.5) is 9.59 Å². The smallest absolute Gasteiger partial charge is 0.410 e. The summed E-state index contributed by atoms with van der Waals surface area (Å²) in [7, 11) is 1.79. The molecule has 0 atom stereocenters. The molecule has 0 aliphatic carbocycles. The minimum atomic E-state index is -0.642. The Morgan fingerprint density at radius 3 is 2.24 bits per heavy atom. The summed E-state index contributed by atoms with van der Waals surface area (Å²) in [5.41, 5.74) is 0.553. The molecule has 0 spiro atoms. The number of aryl methyl sites for hydroxylation is 2. The Morgan fingerprint density at radius 2 is 1.55 bits per heavy atom. The highest BCUT2D eigenvalue weighted by molar-refractivity contribution is 7.14. The number of hydrogen-bond acceptors (Lipinski definition) is 12. The first-order chi connectivity index (χ1) is 23.1. The van der Waals surface area contributed by atoms with Crippen LogP contribution in [-0.2, 0) is 34.2 Å². The lowest BCUT2D eigenvalue weighted by atomic mass is 10.2. The van der Waals surface area contributed by atoms with E-state index in [1.54, 1.807) is 49.0 Å². The molecule has 0 unspecified atom stereocenters. The molecule has 4 amide bonds. The number of aromatic nitrogens is 5. The van der Waals surface area contributed by atoms with Crippen molar-refractivity contribution in [3.8, 4) is 10.7 Å². The van der Waals surface area contributed by atoms with Gasteiger partial charge in [0.2, 0.25) is 5.91 Å². The summed E-state index contributed by atoms with van der Waals surface area (Å²) < 4.78 is 12.4. The highest BCUT2D eigenvalue weighted by Gasteiger charge is 2.22. The minimum absolute atomic E-state index is 0.0553. The molecule has 0 saturated carbocycles. The van der Waals surface area contributed by atoms with Gasteiger partial charge in [-0.25, -0.2) is 19.6 Å². The van der Waals surface area contributed by atoms with Crippen LogP contribution in [0, 0.1) is 0 Å². The van der Waals surface area contributed by atoms with Gasteiger partial charge in [-0.1, -0.05) is 5.21 Å². The molecular weight excluding hydrogens is 671 g/mol. The van der Waals surface area contributed by atoms with Crippen LogP contribution in [-0.4, -0.2) is 97.8 Å². The number of thiazole rings is 2. The van der Waals surface area contributed by atoms with E-state index in [-0.39, 0.29) is 11.8 Å². The first kappa shape index (κ1) is 39.3. The van der Waals surface area contributed by atoms with Crippen LogP contribution in [0.2, 0.25) is 0 Å². The SMILES string of the molecule is Cn1cc(CCC(=O)NCCc2nc(-c3nc(C(=O)NCCCN(CCCCNC(=O)OC(C)(C)C)C(=O)OC(C)(C)C)cs3)cs2)nn1. The molecule has 15 nitrogen and oxygen atoms in total. The van der Waals surface area contributed by atoms with Crippen molar-refractivity contribution in [3.05, 3.63) is 33.4 Å². The molecule has 49 heavy (non-hydrogen) atoms. The molecule has 0 aliphatic heterocycles. The second kappa shape index (κ2) is 18.6. The molecule has 3 aromatic rings. The minimum Gasteiger partial charge on any atom is -0.444 e. The first-order valence-electron chi connectivity index (χ1n) is 16.3. The first-order valence-corrected chi connectivity index (χ1v) is 18.1. The van der Waals surface area contributed by atoms with Gasteiger partial charge in [-0.05, 0) is 60.8 Å². The number of alkyl carbamates (subject to hydrolysis) is 1. The number of ether oxygens (including phenoxy) is 2. The second-order valence-corrected chi connectivity index (χ2v) is 15.2. The Kier molecular flexibility index (Phi) is 14.9. The van der Waals surface area contributed by atoms with Crippen molar-refractivity contribution >= 4 is 46.7 Å². The van der Waals surface area contributed by atoms with Crippen LogP contribution in [0.3, 0.4) is 0 Å². The molecule has 0 fully saturated rings. The second-order valence-electron chi connectivity index (χ2n) is 13.4. The zero-order valence-electron chi connectivity index (χ0n) is 29.5. The van der Waals surface area contributed by atoms with Gasteiger partial charge in [0.1, 0.15) is 27.6 Å². The van der Waals surface area contributed by atoms with Gasteiger partial charge in [0.05, 0.1) is 10.7 Å². The quantitative estimate of drug-likeness (QED) is 0.170. The van der Waals surface area contributed by atoms with Crippen LogP contribution in [0.15, 0.2) is 17.0 Å². The monoisotopic (exact) mass is 719 g/mol. The fraction of sp³-hybridized carbons (Fsp3) is 0.625. The van der Waals surface area contributed by atoms with E-state index in [0.29, 0.717) is 87.6 Å². The third kappa shape index (κ3) is 15.3. The molecule has 0 saturated heterocycles. The molecule has 0 radical (unpaired) electrons. The lowest BCUT2D eigenvalue weighted by Crippen LogP contribution is -2.39. The number of unbranched alkanes of at least 4 members (excludes halogenated alkanes) is 1. The number of amides is 4. The zero-order valence-corrected chi connectivity index (χ0v) is 31.1. The molecular formula is C32H49N9O6S2. The maximum Gasteiger partial charge on any atom is 0.410 e. The van der Waals surface area contributed by atoms with Gasteiger partial charge >= 0.3 is 12.2 Å². The van der Waals surface area contributed by atoms with Crippen LogP contribution in [0.1, 0.15) is 88.4 Å². The Balaban J connectivity index is 1.39. The molecule has 3 heterocycles. The van der Waals surface area contributed by atoms with Gasteiger partial charge in [0.25, 0.3) is 5.91 Å². The number of carbonyl (C=O) groups is 4. The van der Waals surface area contributed by atoms with Gasteiger partial charge in [0.15, 0.2) is 0 Å². The topological polar surface area (TPSA) is 183 Å². The van der Waals surface area contributed by atoms with E-state index in [9.17, 15) is 19.2 Å². The number of nitrogens with one attached hydrogen (secondary N) is 3. The Bertz CT molecular complexity index is 1520. The fourth-order valence-corrected chi connectivity index (χ4v) is 5.90. The van der Waals surface area contributed by atoms with Crippen LogP contribution < -0.4 is 16.0 Å². The van der Waals surface area contributed by atoms with Crippen molar-refractivity contribution < 1.29 is 28.7 Å². The van der Waals surface area contributed by atoms with E-state index in [4.69, 9.17) is 9.47 Å². The van der Waals surface area contributed by atoms with E-state index < -0.39 is 23.4 Å². The lowest BCUT2D eigenvalue weighted by Gasteiger charge is -2.27. The lowest BCUT2D eigenvalue weighted by molar-refractivity contribution is -0.121. The Hall–Kier alpha value is -4.12. The van der Waals surface area contributed by atoms with Crippen LogP contribution in [0.25, 0.3) is 10.7 Å². The van der Waals surface area contributed by atoms with Gasteiger partial charge in [-0.3, -0.25) is 14.3 Å². The van der Waals surface area contributed by atoms with Crippen molar-refractivity contribution in [1.29, 1.82) is 0 Å². The standard InChI is InChI=1S/C32H49N9O6S2/c1-31(2,3)46-29(44)35-14-8-9-17-41(30(45)47-32(4,5)6)18-10-15-34-27(43)23-20-49-28(37-23)24-21-48-26(36-24)13-16-33-25(42)12-11-22-19-40(7)39-38-22/h19-21H,8-18H2,1-7H3,(H,33,42)(H,34,43)(H,35,44). The maximum atomic E-state index is 12.8. The average Bonchev–Trinajstić information content (AvgIpc) is 3.76. The predicted octanol–water partition coefficient (Wildman–Crippen LogP) is 4.35. The molecule has 270 valence electrons. The summed E-state index contributed by atoms with van der Waals surface area (Å²) >= 11 is 2.82.